The molecule has 0 aromatic heterocycles. The van der Waals surface area contributed by atoms with E-state index in [-0.39, 0.29) is 36.2 Å². The van der Waals surface area contributed by atoms with Crippen molar-refractivity contribution in [1.29, 1.82) is 0 Å². The Labute approximate surface area is 93.9 Å². The zero-order valence-electron chi connectivity index (χ0n) is 8.04. The van der Waals surface area contributed by atoms with Gasteiger partial charge in [-0.05, 0) is 0 Å². The van der Waals surface area contributed by atoms with E-state index in [1.165, 1.54) is 0 Å². The van der Waals surface area contributed by atoms with Gasteiger partial charge in [0.15, 0.2) is 0 Å². The van der Waals surface area contributed by atoms with Crippen molar-refractivity contribution < 1.29 is 18.5 Å². The summed E-state index contributed by atoms with van der Waals surface area (Å²) in [4.78, 5) is 0. The maximum absolute atomic E-state index is 5.10. The fourth-order valence-corrected chi connectivity index (χ4v) is 0.888. The van der Waals surface area contributed by atoms with Crippen molar-refractivity contribution in [3.05, 3.63) is 0 Å². The average molecular weight is 186 g/mol. The Morgan fingerprint density at radius 2 is 1.33 bits per heavy atom. The molecule has 0 radical (unpaired) electrons. The Balaban J connectivity index is -0.000000500. The molecule has 12 heavy (non-hydrogen) atoms. The predicted molar refractivity (Wildman–Crippen MR) is 49.7 cm³/mol. The Morgan fingerprint density at radius 1 is 0.917 bits per heavy atom. The molecule has 4 nitrogen and oxygen atoms in total. The number of methoxy groups -OCH3 is 2. The minimum atomic E-state index is -0.349. The summed E-state index contributed by atoms with van der Waals surface area (Å²) < 4.78 is 19.8. The fraction of sp³-hybridized carbons (Fsp3) is 1.00. The molecule has 0 aromatic carbocycles. The molecule has 0 spiro atoms. The summed E-state index contributed by atoms with van der Waals surface area (Å²) >= 11 is -0.349. The van der Waals surface area contributed by atoms with Crippen LogP contribution in [0.4, 0.5) is 0 Å². The molecule has 0 unspecified atom stereocenters. The molecule has 0 aliphatic rings. The van der Waals surface area contributed by atoms with E-state index in [1.807, 2.05) is 0 Å². The second-order valence-corrected chi connectivity index (χ2v) is 2.68. The molecule has 0 N–H and O–H groups in total. The Morgan fingerprint density at radius 3 is 1.67 bits per heavy atom. The Kier molecular flexibility index (Phi) is 18.6. The van der Waals surface area contributed by atoms with Gasteiger partial charge in [0.1, 0.15) is 0 Å². The van der Waals surface area contributed by atoms with Gasteiger partial charge in [0.25, 0.3) is 0 Å². The standard InChI is InChI=1S/2C3H7O2.Al.Li.2H/c2*1-5-3-2-4;;;;/h2*2-3H2,1H3;;;;/q2*-1;+3;;;-1. The first-order valence-electron chi connectivity index (χ1n) is 3.44. The molecule has 0 atom stereocenters. The minimum absolute atomic E-state index is 0. The van der Waals surface area contributed by atoms with Crippen LogP contribution >= 0.6 is 0 Å². The van der Waals surface area contributed by atoms with Gasteiger partial charge in [0.05, 0.1) is 0 Å². The first kappa shape index (κ1) is 15.4. The SMILES string of the molecule is COCC[O][Al+][O]CCOC.[H-].[LiH]. The quantitative estimate of drug-likeness (QED) is 0.371. The number of ether oxygens (including phenoxy) is 2. The van der Waals surface area contributed by atoms with Crippen LogP contribution in [0.1, 0.15) is 1.43 Å². The summed E-state index contributed by atoms with van der Waals surface area (Å²) in [5.41, 5.74) is 0. The van der Waals surface area contributed by atoms with Crippen LogP contribution in [0.2, 0.25) is 0 Å². The Bertz CT molecular complexity index is 73.7. The molecule has 6 heteroatoms. The van der Waals surface area contributed by atoms with E-state index in [0.29, 0.717) is 26.4 Å². The van der Waals surface area contributed by atoms with Crippen LogP contribution in [0.15, 0.2) is 0 Å². The second-order valence-electron chi connectivity index (χ2n) is 1.82. The van der Waals surface area contributed by atoms with Gasteiger partial charge in [0, 0.05) is 0 Å². The maximum atomic E-state index is 5.10. The van der Waals surface area contributed by atoms with Crippen molar-refractivity contribution >= 4 is 34.7 Å². The van der Waals surface area contributed by atoms with Crippen LogP contribution in [0.3, 0.4) is 0 Å². The van der Waals surface area contributed by atoms with Crippen molar-refractivity contribution in [2.75, 3.05) is 40.6 Å². The van der Waals surface area contributed by atoms with E-state index in [1.54, 1.807) is 14.2 Å². The van der Waals surface area contributed by atoms with Crippen LogP contribution < -0.4 is 0 Å². The van der Waals surface area contributed by atoms with Crippen molar-refractivity contribution in [1.82, 2.24) is 0 Å². The van der Waals surface area contributed by atoms with Gasteiger partial charge < -0.3 is 1.43 Å². The molecule has 0 bridgehead atoms. The topological polar surface area (TPSA) is 36.9 Å². The van der Waals surface area contributed by atoms with Crippen LogP contribution in [0.25, 0.3) is 0 Å². The zero-order valence-corrected chi connectivity index (χ0v) is 8.19. The van der Waals surface area contributed by atoms with E-state index < -0.39 is 0 Å². The molecular weight excluding hydrogens is 170 g/mol. The van der Waals surface area contributed by atoms with Gasteiger partial charge in [-0.25, -0.2) is 0 Å². The molecule has 0 fully saturated rings. The molecule has 0 aliphatic heterocycles. The summed E-state index contributed by atoms with van der Waals surface area (Å²) in [5, 5.41) is 0. The van der Waals surface area contributed by atoms with Crippen LogP contribution in [-0.4, -0.2) is 75.4 Å². The zero-order chi connectivity index (χ0) is 8.36. The van der Waals surface area contributed by atoms with Crippen LogP contribution in [0, 0.1) is 0 Å². The molecular formula is C6H16AlLiO4. The summed E-state index contributed by atoms with van der Waals surface area (Å²) in [6.07, 6.45) is 0. The van der Waals surface area contributed by atoms with E-state index in [9.17, 15) is 0 Å². The predicted octanol–water partition coefficient (Wildman–Crippen LogP) is -0.689. The van der Waals surface area contributed by atoms with Crippen LogP contribution in [-0.2, 0) is 17.1 Å². The van der Waals surface area contributed by atoms with Gasteiger partial charge in [0.2, 0.25) is 0 Å². The first-order chi connectivity index (χ1) is 5.41. The van der Waals surface area contributed by atoms with E-state index in [4.69, 9.17) is 17.1 Å². The third-order valence-corrected chi connectivity index (χ3v) is 1.69. The monoisotopic (exact) mass is 186 g/mol. The second kappa shape index (κ2) is 14.5. The molecule has 0 aliphatic carbocycles. The first-order valence-corrected chi connectivity index (χ1v) is 4.39. The van der Waals surface area contributed by atoms with Gasteiger partial charge in [-0.3, -0.25) is 0 Å². The van der Waals surface area contributed by atoms with Crippen LogP contribution in [0.5, 0.6) is 0 Å². The van der Waals surface area contributed by atoms with E-state index in [0.717, 1.165) is 0 Å². The van der Waals surface area contributed by atoms with E-state index in [2.05, 4.69) is 0 Å². The van der Waals surface area contributed by atoms with E-state index >= 15 is 0 Å². The van der Waals surface area contributed by atoms with Gasteiger partial charge in [-0.15, -0.1) is 0 Å². The van der Waals surface area contributed by atoms with Gasteiger partial charge >= 0.3 is 92.4 Å². The third-order valence-electron chi connectivity index (χ3n) is 0.947. The Hall–Kier alpha value is 0.970. The number of hydrogen-bond acceptors (Lipinski definition) is 4. The molecule has 0 amide bonds. The number of rotatable bonds is 8. The van der Waals surface area contributed by atoms with Gasteiger partial charge in [-0.2, -0.15) is 0 Å². The molecule has 0 heterocycles. The summed E-state index contributed by atoms with van der Waals surface area (Å²) in [6, 6.07) is 0. The third kappa shape index (κ3) is 13.6. The molecule has 0 rings (SSSR count). The summed E-state index contributed by atoms with van der Waals surface area (Å²) in [7, 11) is 3.29. The number of hydrogen-bond donors (Lipinski definition) is 0. The molecule has 68 valence electrons. The van der Waals surface area contributed by atoms with Crippen molar-refractivity contribution in [3.63, 3.8) is 0 Å². The van der Waals surface area contributed by atoms with Crippen molar-refractivity contribution in [3.8, 4) is 0 Å². The molecule has 0 saturated heterocycles. The molecule has 0 saturated carbocycles. The normalized spacial score (nSPS) is 8.83. The van der Waals surface area contributed by atoms with Crippen molar-refractivity contribution in [2.45, 2.75) is 0 Å². The molecule has 0 aromatic rings. The van der Waals surface area contributed by atoms with Crippen molar-refractivity contribution in [2.24, 2.45) is 0 Å². The summed E-state index contributed by atoms with van der Waals surface area (Å²) in [6.45, 7) is 2.47. The van der Waals surface area contributed by atoms with Gasteiger partial charge in [-0.1, -0.05) is 0 Å². The summed E-state index contributed by atoms with van der Waals surface area (Å²) in [5.74, 6) is 0. The average Bonchev–Trinajstić information content (AvgIpc) is 2.03. The fourth-order valence-electron chi connectivity index (χ4n) is 0.407.